The lowest BCUT2D eigenvalue weighted by atomic mass is 10.2. The number of amides is 1. The van der Waals surface area contributed by atoms with Crippen LogP contribution in [0.5, 0.6) is 5.75 Å². The van der Waals surface area contributed by atoms with E-state index >= 15 is 0 Å². The number of carbonyl (C=O) groups excluding carboxylic acids is 1. The molecule has 0 aliphatic carbocycles. The standard InChI is InChI=1S/C16H17NO5S/c1-10-3-2-4-12(7-10)22-9-11(18)8-17-15(19)13-5-6-14(23-13)16(20)21/h2-7,11,18H,8-9H2,1H3,(H,17,19)(H,20,21). The Morgan fingerprint density at radius 3 is 2.65 bits per heavy atom. The Labute approximate surface area is 137 Å². The molecule has 1 aromatic carbocycles. The van der Waals surface area contributed by atoms with Crippen LogP contribution in [-0.2, 0) is 0 Å². The Balaban J connectivity index is 1.78. The van der Waals surface area contributed by atoms with Crippen LogP contribution in [0.4, 0.5) is 0 Å². The van der Waals surface area contributed by atoms with Gasteiger partial charge in [0.05, 0.1) is 4.88 Å². The van der Waals surface area contributed by atoms with Crippen molar-refractivity contribution in [2.45, 2.75) is 13.0 Å². The van der Waals surface area contributed by atoms with Gasteiger partial charge in [0.1, 0.15) is 23.3 Å². The van der Waals surface area contributed by atoms with Crippen LogP contribution in [0.25, 0.3) is 0 Å². The molecule has 0 bridgehead atoms. The van der Waals surface area contributed by atoms with Crippen LogP contribution in [0.3, 0.4) is 0 Å². The van der Waals surface area contributed by atoms with E-state index < -0.39 is 18.0 Å². The largest absolute Gasteiger partial charge is 0.491 e. The lowest BCUT2D eigenvalue weighted by Crippen LogP contribution is -2.35. The minimum absolute atomic E-state index is 0.0188. The summed E-state index contributed by atoms with van der Waals surface area (Å²) in [6.07, 6.45) is -0.863. The van der Waals surface area contributed by atoms with Crippen LogP contribution in [-0.4, -0.2) is 41.3 Å². The van der Waals surface area contributed by atoms with Gasteiger partial charge in [0.25, 0.3) is 5.91 Å². The Morgan fingerprint density at radius 2 is 2.00 bits per heavy atom. The highest BCUT2D eigenvalue weighted by atomic mass is 32.1. The summed E-state index contributed by atoms with van der Waals surface area (Å²) < 4.78 is 5.45. The summed E-state index contributed by atoms with van der Waals surface area (Å²) in [6.45, 7) is 2.01. The van der Waals surface area contributed by atoms with Crippen molar-refractivity contribution in [3.8, 4) is 5.75 Å². The Morgan fingerprint density at radius 1 is 1.26 bits per heavy atom. The number of carbonyl (C=O) groups is 2. The number of carboxylic acids is 1. The highest BCUT2D eigenvalue weighted by Gasteiger charge is 2.14. The van der Waals surface area contributed by atoms with Crippen molar-refractivity contribution in [3.05, 3.63) is 51.7 Å². The van der Waals surface area contributed by atoms with Gasteiger partial charge in [-0.2, -0.15) is 0 Å². The quantitative estimate of drug-likeness (QED) is 0.718. The molecule has 122 valence electrons. The third-order valence-electron chi connectivity index (χ3n) is 2.97. The zero-order valence-corrected chi connectivity index (χ0v) is 13.3. The molecule has 1 atom stereocenters. The van der Waals surface area contributed by atoms with Gasteiger partial charge in [-0.15, -0.1) is 11.3 Å². The molecule has 1 amide bonds. The van der Waals surface area contributed by atoms with Gasteiger partial charge in [-0.1, -0.05) is 12.1 Å². The van der Waals surface area contributed by atoms with Gasteiger partial charge < -0.3 is 20.3 Å². The first-order valence-electron chi connectivity index (χ1n) is 6.94. The van der Waals surface area contributed by atoms with Gasteiger partial charge >= 0.3 is 5.97 Å². The average molecular weight is 335 g/mol. The molecular weight excluding hydrogens is 318 g/mol. The maximum atomic E-state index is 11.9. The highest BCUT2D eigenvalue weighted by Crippen LogP contribution is 2.16. The highest BCUT2D eigenvalue weighted by molar-refractivity contribution is 7.15. The summed E-state index contributed by atoms with van der Waals surface area (Å²) in [6, 6.07) is 10.3. The third kappa shape index (κ3) is 5.08. The van der Waals surface area contributed by atoms with E-state index in [0.29, 0.717) is 5.75 Å². The number of ether oxygens (including phenoxy) is 1. The number of hydrogen-bond acceptors (Lipinski definition) is 5. The van der Waals surface area contributed by atoms with E-state index in [9.17, 15) is 14.7 Å². The topological polar surface area (TPSA) is 95.9 Å². The number of thiophene rings is 1. The fourth-order valence-electron chi connectivity index (χ4n) is 1.83. The normalized spacial score (nSPS) is 11.7. The fraction of sp³-hybridized carbons (Fsp3) is 0.250. The maximum Gasteiger partial charge on any atom is 0.345 e. The van der Waals surface area contributed by atoms with Crippen LogP contribution in [0, 0.1) is 6.92 Å². The molecule has 0 aliphatic heterocycles. The van der Waals surface area contributed by atoms with Gasteiger partial charge in [0.15, 0.2) is 0 Å². The van der Waals surface area contributed by atoms with Gasteiger partial charge in [0.2, 0.25) is 0 Å². The summed E-state index contributed by atoms with van der Waals surface area (Å²) in [5, 5.41) is 21.2. The molecule has 0 fully saturated rings. The molecule has 0 spiro atoms. The Bertz CT molecular complexity index is 697. The molecule has 0 radical (unpaired) electrons. The van der Waals surface area contributed by atoms with Crippen LogP contribution in [0.2, 0.25) is 0 Å². The molecule has 0 saturated carbocycles. The molecule has 1 heterocycles. The smallest absolute Gasteiger partial charge is 0.345 e. The van der Waals surface area contributed by atoms with Crippen molar-refractivity contribution in [1.82, 2.24) is 5.32 Å². The van der Waals surface area contributed by atoms with E-state index in [0.717, 1.165) is 16.9 Å². The van der Waals surface area contributed by atoms with Crippen molar-refractivity contribution in [3.63, 3.8) is 0 Å². The zero-order chi connectivity index (χ0) is 16.8. The molecule has 1 unspecified atom stereocenters. The second kappa shape index (κ2) is 7.75. The Kier molecular flexibility index (Phi) is 5.72. The van der Waals surface area contributed by atoms with Crippen molar-refractivity contribution in [2.75, 3.05) is 13.2 Å². The van der Waals surface area contributed by atoms with Crippen LogP contribution in [0.1, 0.15) is 24.9 Å². The summed E-state index contributed by atoms with van der Waals surface area (Å²) in [5.74, 6) is -0.836. The van der Waals surface area contributed by atoms with Crippen LogP contribution < -0.4 is 10.1 Å². The third-order valence-corrected chi connectivity index (χ3v) is 4.04. The average Bonchev–Trinajstić information content (AvgIpc) is 3.01. The number of hydrogen-bond donors (Lipinski definition) is 3. The van der Waals surface area contributed by atoms with Gasteiger partial charge in [-0.3, -0.25) is 4.79 Å². The van der Waals surface area contributed by atoms with E-state index in [2.05, 4.69) is 5.32 Å². The SMILES string of the molecule is Cc1cccc(OCC(O)CNC(=O)c2ccc(C(=O)O)s2)c1. The van der Waals surface area contributed by atoms with E-state index in [4.69, 9.17) is 9.84 Å². The number of aliphatic hydroxyl groups is 1. The first-order chi connectivity index (χ1) is 11.0. The number of carboxylic acid groups (broad SMARTS) is 1. The second-order valence-electron chi connectivity index (χ2n) is 4.96. The predicted octanol–water partition coefficient (Wildman–Crippen LogP) is 1.92. The molecule has 7 heteroatoms. The number of nitrogens with one attached hydrogen (secondary N) is 1. The summed E-state index contributed by atoms with van der Waals surface area (Å²) in [5.41, 5.74) is 1.05. The first kappa shape index (κ1) is 17.0. The fourth-order valence-corrected chi connectivity index (χ4v) is 2.59. The number of aliphatic hydroxyl groups excluding tert-OH is 1. The molecule has 2 rings (SSSR count). The monoisotopic (exact) mass is 335 g/mol. The lowest BCUT2D eigenvalue weighted by molar-refractivity contribution is 0.0702. The van der Waals surface area contributed by atoms with Crippen LogP contribution in [0.15, 0.2) is 36.4 Å². The second-order valence-corrected chi connectivity index (χ2v) is 6.04. The van der Waals surface area contributed by atoms with Crippen molar-refractivity contribution in [2.24, 2.45) is 0 Å². The minimum Gasteiger partial charge on any atom is -0.491 e. The summed E-state index contributed by atoms with van der Waals surface area (Å²) in [4.78, 5) is 23.0. The van der Waals surface area contributed by atoms with Crippen molar-refractivity contribution < 1.29 is 24.5 Å². The van der Waals surface area contributed by atoms with E-state index in [1.54, 1.807) is 6.07 Å². The number of benzene rings is 1. The van der Waals surface area contributed by atoms with Gasteiger partial charge in [0, 0.05) is 6.54 Å². The zero-order valence-electron chi connectivity index (χ0n) is 12.5. The maximum absolute atomic E-state index is 11.9. The molecular formula is C16H17NO5S. The predicted molar refractivity (Wildman–Crippen MR) is 86.3 cm³/mol. The molecule has 23 heavy (non-hydrogen) atoms. The summed E-state index contributed by atoms with van der Waals surface area (Å²) >= 11 is 0.888. The molecule has 6 nitrogen and oxygen atoms in total. The van der Waals surface area contributed by atoms with Crippen molar-refractivity contribution in [1.29, 1.82) is 0 Å². The lowest BCUT2D eigenvalue weighted by Gasteiger charge is -2.13. The minimum atomic E-state index is -1.07. The Hall–Kier alpha value is -2.38. The molecule has 1 aromatic heterocycles. The molecule has 2 aromatic rings. The molecule has 0 saturated heterocycles. The van der Waals surface area contributed by atoms with Crippen molar-refractivity contribution >= 4 is 23.2 Å². The van der Waals surface area contributed by atoms with E-state index in [1.807, 2.05) is 25.1 Å². The first-order valence-corrected chi connectivity index (χ1v) is 7.76. The molecule has 3 N–H and O–H groups in total. The van der Waals surface area contributed by atoms with Crippen LogP contribution >= 0.6 is 11.3 Å². The summed E-state index contributed by atoms with van der Waals surface area (Å²) in [7, 11) is 0. The number of aromatic carboxylic acids is 1. The molecule has 0 aliphatic rings. The van der Waals surface area contributed by atoms with E-state index in [1.165, 1.54) is 12.1 Å². The van der Waals surface area contributed by atoms with Gasteiger partial charge in [-0.25, -0.2) is 4.79 Å². The van der Waals surface area contributed by atoms with Gasteiger partial charge in [-0.05, 0) is 36.8 Å². The number of rotatable bonds is 7. The van der Waals surface area contributed by atoms with E-state index in [-0.39, 0.29) is 22.9 Å². The number of aryl methyl sites for hydroxylation is 1.